The van der Waals surface area contributed by atoms with Crippen molar-refractivity contribution in [3.8, 4) is 0 Å². The summed E-state index contributed by atoms with van der Waals surface area (Å²) in [6, 6.07) is 2.66. The maximum atomic E-state index is 14.0. The van der Waals surface area contributed by atoms with E-state index in [1.165, 1.54) is 19.1 Å². The molecule has 1 atom stereocenters. The van der Waals surface area contributed by atoms with Crippen molar-refractivity contribution in [1.82, 2.24) is 10.0 Å². The molecule has 1 saturated heterocycles. The number of halogens is 1. The van der Waals surface area contributed by atoms with Gasteiger partial charge < -0.3 is 10.1 Å². The Morgan fingerprint density at radius 2 is 2.19 bits per heavy atom. The predicted octanol–water partition coefficient (Wildman–Crippen LogP) is 1.31. The van der Waals surface area contributed by atoms with E-state index in [0.29, 0.717) is 31.7 Å². The molecule has 1 aliphatic heterocycles. The van der Waals surface area contributed by atoms with Crippen LogP contribution in [0.15, 0.2) is 17.0 Å². The van der Waals surface area contributed by atoms with Gasteiger partial charge in [-0.05, 0) is 37.6 Å². The first-order chi connectivity index (χ1) is 9.94. The van der Waals surface area contributed by atoms with Crippen molar-refractivity contribution in [2.24, 2.45) is 0 Å². The molecule has 1 unspecified atom stereocenters. The lowest BCUT2D eigenvalue weighted by Gasteiger charge is -2.15. The first-order valence-corrected chi connectivity index (χ1v) is 8.52. The highest BCUT2D eigenvalue weighted by molar-refractivity contribution is 7.89. The average molecular weight is 316 g/mol. The zero-order valence-corrected chi connectivity index (χ0v) is 13.1. The fraction of sp³-hybridized carbons (Fsp3) is 0.571. The summed E-state index contributed by atoms with van der Waals surface area (Å²) in [5, 5.41) is 3.06. The SMILES string of the molecule is CCNCc1cc(F)c(C)c(S(=O)(=O)NC2CCOC2)c1. The van der Waals surface area contributed by atoms with Crippen LogP contribution in [-0.2, 0) is 21.3 Å². The van der Waals surface area contributed by atoms with E-state index in [1.807, 2.05) is 6.92 Å². The Balaban J connectivity index is 2.29. The molecule has 0 radical (unpaired) electrons. The third-order valence-electron chi connectivity index (χ3n) is 3.48. The second-order valence-electron chi connectivity index (χ2n) is 5.16. The van der Waals surface area contributed by atoms with Gasteiger partial charge in [0, 0.05) is 24.8 Å². The summed E-state index contributed by atoms with van der Waals surface area (Å²) in [5.74, 6) is -0.506. The van der Waals surface area contributed by atoms with Crippen molar-refractivity contribution in [3.05, 3.63) is 29.1 Å². The first-order valence-electron chi connectivity index (χ1n) is 7.04. The third kappa shape index (κ3) is 4.00. The summed E-state index contributed by atoms with van der Waals surface area (Å²) >= 11 is 0. The van der Waals surface area contributed by atoms with E-state index >= 15 is 0 Å². The van der Waals surface area contributed by atoms with E-state index in [-0.39, 0.29) is 16.5 Å². The Labute approximate surface area is 124 Å². The minimum absolute atomic E-state index is 0.00213. The summed E-state index contributed by atoms with van der Waals surface area (Å²) in [4.78, 5) is 0.00213. The quantitative estimate of drug-likeness (QED) is 0.830. The largest absolute Gasteiger partial charge is 0.380 e. The predicted molar refractivity (Wildman–Crippen MR) is 78.1 cm³/mol. The van der Waals surface area contributed by atoms with E-state index in [9.17, 15) is 12.8 Å². The molecule has 21 heavy (non-hydrogen) atoms. The van der Waals surface area contributed by atoms with Gasteiger partial charge in [-0.2, -0.15) is 0 Å². The highest BCUT2D eigenvalue weighted by atomic mass is 32.2. The summed E-state index contributed by atoms with van der Waals surface area (Å²) in [6.45, 7) is 5.48. The zero-order valence-electron chi connectivity index (χ0n) is 12.3. The summed E-state index contributed by atoms with van der Waals surface area (Å²) in [6.07, 6.45) is 0.637. The second-order valence-corrected chi connectivity index (χ2v) is 6.85. The molecule has 118 valence electrons. The number of benzene rings is 1. The van der Waals surface area contributed by atoms with Gasteiger partial charge in [-0.3, -0.25) is 0 Å². The third-order valence-corrected chi connectivity index (χ3v) is 5.12. The Hall–Kier alpha value is -1.02. The van der Waals surface area contributed by atoms with Crippen molar-refractivity contribution in [1.29, 1.82) is 0 Å². The summed E-state index contributed by atoms with van der Waals surface area (Å²) in [7, 11) is -3.74. The Morgan fingerprint density at radius 1 is 1.43 bits per heavy atom. The topological polar surface area (TPSA) is 67.4 Å². The van der Waals surface area contributed by atoms with Gasteiger partial charge in [-0.1, -0.05) is 6.92 Å². The summed E-state index contributed by atoms with van der Waals surface area (Å²) < 4.78 is 46.6. The van der Waals surface area contributed by atoms with Gasteiger partial charge >= 0.3 is 0 Å². The fourth-order valence-electron chi connectivity index (χ4n) is 2.27. The zero-order chi connectivity index (χ0) is 15.5. The van der Waals surface area contributed by atoms with E-state index in [0.717, 1.165) is 6.54 Å². The van der Waals surface area contributed by atoms with E-state index < -0.39 is 15.8 Å². The monoisotopic (exact) mass is 316 g/mol. The minimum Gasteiger partial charge on any atom is -0.380 e. The number of hydrogen-bond donors (Lipinski definition) is 2. The number of rotatable bonds is 6. The van der Waals surface area contributed by atoms with Crippen LogP contribution in [0.2, 0.25) is 0 Å². The lowest BCUT2D eigenvalue weighted by molar-refractivity contribution is 0.192. The second kappa shape index (κ2) is 6.83. The molecule has 2 rings (SSSR count). The molecular formula is C14H21FN2O3S. The van der Waals surface area contributed by atoms with E-state index in [1.54, 1.807) is 0 Å². The Bertz CT molecular complexity index is 598. The Kier molecular flexibility index (Phi) is 5.32. The summed E-state index contributed by atoms with van der Waals surface area (Å²) in [5.41, 5.74) is 0.754. The lowest BCUT2D eigenvalue weighted by Crippen LogP contribution is -2.35. The molecule has 1 fully saturated rings. The first kappa shape index (κ1) is 16.4. The van der Waals surface area contributed by atoms with Crippen LogP contribution in [-0.4, -0.2) is 34.2 Å². The van der Waals surface area contributed by atoms with Crippen molar-refractivity contribution < 1.29 is 17.5 Å². The maximum Gasteiger partial charge on any atom is 0.241 e. The molecule has 7 heteroatoms. The number of ether oxygens (including phenoxy) is 1. The lowest BCUT2D eigenvalue weighted by atomic mass is 10.1. The molecular weight excluding hydrogens is 295 g/mol. The van der Waals surface area contributed by atoms with Crippen LogP contribution in [0.25, 0.3) is 0 Å². The van der Waals surface area contributed by atoms with E-state index in [4.69, 9.17) is 4.74 Å². The molecule has 0 aliphatic carbocycles. The van der Waals surface area contributed by atoms with Crippen LogP contribution in [0.5, 0.6) is 0 Å². The molecule has 0 amide bonds. The molecule has 0 saturated carbocycles. The van der Waals surface area contributed by atoms with E-state index in [2.05, 4.69) is 10.0 Å². The van der Waals surface area contributed by atoms with Crippen LogP contribution in [0.3, 0.4) is 0 Å². The van der Waals surface area contributed by atoms with Crippen LogP contribution in [0.4, 0.5) is 4.39 Å². The minimum atomic E-state index is -3.74. The normalized spacial score (nSPS) is 19.1. The average Bonchev–Trinajstić information content (AvgIpc) is 2.91. The van der Waals surface area contributed by atoms with Gasteiger partial charge in [0.1, 0.15) is 5.82 Å². The van der Waals surface area contributed by atoms with Crippen molar-refractivity contribution in [2.75, 3.05) is 19.8 Å². The van der Waals surface area contributed by atoms with Crippen molar-refractivity contribution in [2.45, 2.75) is 37.8 Å². The van der Waals surface area contributed by atoms with Crippen LogP contribution >= 0.6 is 0 Å². The van der Waals surface area contributed by atoms with Gasteiger partial charge in [0.05, 0.1) is 11.5 Å². The molecule has 5 nitrogen and oxygen atoms in total. The molecule has 0 bridgehead atoms. The van der Waals surface area contributed by atoms with Crippen molar-refractivity contribution in [3.63, 3.8) is 0 Å². The van der Waals surface area contributed by atoms with Gasteiger partial charge in [0.2, 0.25) is 10.0 Å². The van der Waals surface area contributed by atoms with Crippen LogP contribution in [0.1, 0.15) is 24.5 Å². The molecule has 1 aliphatic rings. The highest BCUT2D eigenvalue weighted by Crippen LogP contribution is 2.21. The van der Waals surface area contributed by atoms with Gasteiger partial charge in [0.15, 0.2) is 0 Å². The van der Waals surface area contributed by atoms with Crippen LogP contribution < -0.4 is 10.0 Å². The van der Waals surface area contributed by atoms with Crippen LogP contribution in [0, 0.1) is 12.7 Å². The number of hydrogen-bond acceptors (Lipinski definition) is 4. The maximum absolute atomic E-state index is 14.0. The molecule has 1 aromatic carbocycles. The molecule has 0 spiro atoms. The standard InChI is InChI=1S/C14H21FN2O3S/c1-3-16-8-11-6-13(15)10(2)14(7-11)21(18,19)17-12-4-5-20-9-12/h6-7,12,16-17H,3-5,8-9H2,1-2H3. The highest BCUT2D eigenvalue weighted by Gasteiger charge is 2.26. The number of nitrogens with one attached hydrogen (secondary N) is 2. The Morgan fingerprint density at radius 3 is 2.81 bits per heavy atom. The molecule has 1 aromatic rings. The molecule has 0 aromatic heterocycles. The fourth-order valence-corrected chi connectivity index (χ4v) is 3.83. The van der Waals surface area contributed by atoms with Gasteiger partial charge in [-0.15, -0.1) is 0 Å². The molecule has 2 N–H and O–H groups in total. The van der Waals surface area contributed by atoms with Gasteiger partial charge in [0.25, 0.3) is 0 Å². The van der Waals surface area contributed by atoms with Crippen molar-refractivity contribution >= 4 is 10.0 Å². The van der Waals surface area contributed by atoms with Gasteiger partial charge in [-0.25, -0.2) is 17.5 Å². The molecule has 1 heterocycles. The smallest absolute Gasteiger partial charge is 0.241 e. The number of sulfonamides is 1.